The molecule has 1 unspecified atom stereocenters. The summed E-state index contributed by atoms with van der Waals surface area (Å²) in [5.41, 5.74) is 0.764. The summed E-state index contributed by atoms with van der Waals surface area (Å²) in [6, 6.07) is 3.77. The fourth-order valence-corrected chi connectivity index (χ4v) is 5.50. The normalized spacial score (nSPS) is 28.4. The van der Waals surface area contributed by atoms with Gasteiger partial charge in [-0.2, -0.15) is 0 Å². The maximum absolute atomic E-state index is 12.8. The minimum absolute atomic E-state index is 0.0721. The highest BCUT2D eigenvalue weighted by atomic mass is 79.9. The first-order chi connectivity index (χ1) is 11.4. The van der Waals surface area contributed by atoms with Crippen molar-refractivity contribution >= 4 is 37.7 Å². The number of fused-ring (bicyclic) bond motifs is 2. The number of benzene rings is 1. The molecule has 0 aromatic heterocycles. The van der Waals surface area contributed by atoms with E-state index in [0.717, 1.165) is 10.0 Å². The number of nitrogens with zero attached hydrogens (tertiary/aromatic N) is 2. The zero-order valence-corrected chi connectivity index (χ0v) is 15.0. The molecule has 0 aliphatic carbocycles. The van der Waals surface area contributed by atoms with Crippen LogP contribution in [0.5, 0.6) is 5.75 Å². The molecule has 1 aromatic rings. The smallest absolute Gasteiger partial charge is 0.328 e. The minimum atomic E-state index is -3.29. The molecule has 1 aromatic carbocycles. The number of imide groups is 1. The number of para-hydroxylation sites is 1. The molecule has 0 radical (unpaired) electrons. The zero-order chi connectivity index (χ0) is 17.1. The van der Waals surface area contributed by atoms with Gasteiger partial charge in [0, 0.05) is 18.5 Å². The van der Waals surface area contributed by atoms with E-state index in [1.165, 1.54) is 9.80 Å². The number of urea groups is 1. The summed E-state index contributed by atoms with van der Waals surface area (Å²) >= 11 is 3.42. The molecule has 2 saturated heterocycles. The lowest BCUT2D eigenvalue weighted by Gasteiger charge is -2.32. The quantitative estimate of drug-likeness (QED) is 0.647. The van der Waals surface area contributed by atoms with Crippen molar-refractivity contribution in [1.29, 1.82) is 0 Å². The third-order valence-electron chi connectivity index (χ3n) is 4.71. The molecule has 3 aliphatic rings. The Morgan fingerprint density at radius 3 is 2.79 bits per heavy atom. The molecule has 0 spiro atoms. The predicted molar refractivity (Wildman–Crippen MR) is 88.4 cm³/mol. The van der Waals surface area contributed by atoms with Crippen molar-refractivity contribution in [3.05, 3.63) is 28.2 Å². The average Bonchev–Trinajstić information content (AvgIpc) is 2.77. The zero-order valence-electron chi connectivity index (χ0n) is 12.6. The summed E-state index contributed by atoms with van der Waals surface area (Å²) in [6.07, 6.45) is 0.494. The number of hydrogen-bond donors (Lipinski definition) is 0. The van der Waals surface area contributed by atoms with Crippen LogP contribution >= 0.6 is 15.9 Å². The number of carbonyl (C=O) groups is 2. The lowest BCUT2D eigenvalue weighted by molar-refractivity contribution is -0.129. The van der Waals surface area contributed by atoms with E-state index in [9.17, 15) is 18.0 Å². The highest BCUT2D eigenvalue weighted by molar-refractivity contribution is 9.10. The van der Waals surface area contributed by atoms with E-state index in [1.54, 1.807) is 0 Å². The summed E-state index contributed by atoms with van der Waals surface area (Å²) in [4.78, 5) is 28.1. The van der Waals surface area contributed by atoms with Crippen molar-refractivity contribution in [3.8, 4) is 5.75 Å². The van der Waals surface area contributed by atoms with Crippen LogP contribution in [0, 0.1) is 0 Å². The van der Waals surface area contributed by atoms with E-state index in [0.29, 0.717) is 18.8 Å². The van der Waals surface area contributed by atoms with Crippen molar-refractivity contribution in [2.75, 3.05) is 24.7 Å². The second kappa shape index (κ2) is 5.45. The molecule has 2 fully saturated rings. The first-order valence-electron chi connectivity index (χ1n) is 7.64. The Morgan fingerprint density at radius 2 is 2.00 bits per heavy atom. The van der Waals surface area contributed by atoms with Gasteiger partial charge in [-0.05, 0) is 22.0 Å². The molecular weight excluding hydrogens is 400 g/mol. The van der Waals surface area contributed by atoms with Gasteiger partial charge >= 0.3 is 6.03 Å². The SMILES string of the molecule is O=C1[C@@H]2CS(=O)(=O)CCN2C(=O)N1C1CCOc2c(Br)cccc21. The Labute approximate surface area is 147 Å². The minimum Gasteiger partial charge on any atom is -0.492 e. The Hall–Kier alpha value is -1.61. The van der Waals surface area contributed by atoms with Crippen LogP contribution in [0.1, 0.15) is 18.0 Å². The number of sulfone groups is 1. The number of halogens is 1. The molecule has 128 valence electrons. The van der Waals surface area contributed by atoms with Crippen LogP contribution in [0.2, 0.25) is 0 Å². The Kier molecular flexibility index (Phi) is 3.61. The van der Waals surface area contributed by atoms with E-state index < -0.39 is 33.9 Å². The lowest BCUT2D eigenvalue weighted by Crippen LogP contribution is -2.48. The van der Waals surface area contributed by atoms with E-state index in [-0.39, 0.29) is 18.1 Å². The first kappa shape index (κ1) is 15.9. The summed E-state index contributed by atoms with van der Waals surface area (Å²) in [5.74, 6) is -0.178. The Balaban J connectivity index is 1.73. The Bertz CT molecular complexity index is 840. The monoisotopic (exact) mass is 414 g/mol. The van der Waals surface area contributed by atoms with Gasteiger partial charge in [0.2, 0.25) is 0 Å². The molecule has 0 bridgehead atoms. The standard InChI is InChI=1S/C15H15BrN2O5S/c16-10-3-1-2-9-11(4-6-23-13(9)10)18-14(19)12-8-24(21,22)7-5-17(12)15(18)20/h1-3,11-12H,4-8H2/t11?,12-/m0/s1. The summed E-state index contributed by atoms with van der Waals surface area (Å²) in [7, 11) is -3.29. The summed E-state index contributed by atoms with van der Waals surface area (Å²) < 4.78 is 30.1. The molecule has 24 heavy (non-hydrogen) atoms. The average molecular weight is 415 g/mol. The predicted octanol–water partition coefficient (Wildman–Crippen LogP) is 1.33. The van der Waals surface area contributed by atoms with Gasteiger partial charge in [-0.25, -0.2) is 13.2 Å². The lowest BCUT2D eigenvalue weighted by atomic mass is 9.99. The van der Waals surface area contributed by atoms with Gasteiger partial charge in [-0.1, -0.05) is 12.1 Å². The second-order valence-corrected chi connectivity index (χ2v) is 9.21. The third-order valence-corrected chi connectivity index (χ3v) is 6.96. The van der Waals surface area contributed by atoms with Crippen molar-refractivity contribution in [2.45, 2.75) is 18.5 Å². The van der Waals surface area contributed by atoms with Crippen LogP contribution in [0.25, 0.3) is 0 Å². The highest BCUT2D eigenvalue weighted by Crippen LogP contribution is 2.42. The largest absolute Gasteiger partial charge is 0.492 e. The fourth-order valence-electron chi connectivity index (χ4n) is 3.56. The highest BCUT2D eigenvalue weighted by Gasteiger charge is 2.52. The fraction of sp³-hybridized carbons (Fsp3) is 0.467. The molecule has 2 atom stereocenters. The molecule has 3 aliphatic heterocycles. The van der Waals surface area contributed by atoms with Gasteiger partial charge < -0.3 is 9.64 Å². The van der Waals surface area contributed by atoms with E-state index in [4.69, 9.17) is 4.74 Å². The topological polar surface area (TPSA) is 84.0 Å². The number of carbonyl (C=O) groups excluding carboxylic acids is 2. The van der Waals surface area contributed by atoms with Crippen LogP contribution < -0.4 is 4.74 Å². The van der Waals surface area contributed by atoms with Crippen molar-refractivity contribution in [3.63, 3.8) is 0 Å². The van der Waals surface area contributed by atoms with E-state index in [2.05, 4.69) is 15.9 Å². The summed E-state index contributed by atoms with van der Waals surface area (Å²) in [6.45, 7) is 0.461. The van der Waals surface area contributed by atoms with Crippen molar-refractivity contribution in [1.82, 2.24) is 9.80 Å². The van der Waals surface area contributed by atoms with Crippen LogP contribution in [-0.2, 0) is 14.6 Å². The van der Waals surface area contributed by atoms with Crippen LogP contribution in [0.4, 0.5) is 4.79 Å². The van der Waals surface area contributed by atoms with Gasteiger partial charge in [0.05, 0.1) is 28.6 Å². The van der Waals surface area contributed by atoms with Gasteiger partial charge in [-0.15, -0.1) is 0 Å². The summed E-state index contributed by atoms with van der Waals surface area (Å²) in [5, 5.41) is 0. The van der Waals surface area contributed by atoms with Crippen LogP contribution in [-0.4, -0.2) is 60.9 Å². The number of amides is 3. The maximum atomic E-state index is 12.8. The molecule has 0 saturated carbocycles. The van der Waals surface area contributed by atoms with Gasteiger partial charge in [0.25, 0.3) is 5.91 Å². The molecular formula is C15H15BrN2O5S. The van der Waals surface area contributed by atoms with Gasteiger partial charge in [-0.3, -0.25) is 9.69 Å². The number of hydrogen-bond acceptors (Lipinski definition) is 5. The molecule has 3 heterocycles. The van der Waals surface area contributed by atoms with E-state index >= 15 is 0 Å². The first-order valence-corrected chi connectivity index (χ1v) is 10.3. The van der Waals surface area contributed by atoms with Crippen LogP contribution in [0.3, 0.4) is 0 Å². The van der Waals surface area contributed by atoms with Crippen molar-refractivity contribution < 1.29 is 22.7 Å². The van der Waals surface area contributed by atoms with Gasteiger partial charge in [0.15, 0.2) is 9.84 Å². The number of ether oxygens (including phenoxy) is 1. The second-order valence-electron chi connectivity index (χ2n) is 6.13. The Morgan fingerprint density at radius 1 is 1.21 bits per heavy atom. The van der Waals surface area contributed by atoms with Gasteiger partial charge in [0.1, 0.15) is 11.8 Å². The van der Waals surface area contributed by atoms with E-state index in [1.807, 2.05) is 18.2 Å². The van der Waals surface area contributed by atoms with Crippen LogP contribution in [0.15, 0.2) is 22.7 Å². The third kappa shape index (κ3) is 2.33. The molecule has 7 nitrogen and oxygen atoms in total. The molecule has 0 N–H and O–H groups in total. The molecule has 9 heteroatoms. The van der Waals surface area contributed by atoms with Crippen molar-refractivity contribution in [2.24, 2.45) is 0 Å². The maximum Gasteiger partial charge on any atom is 0.328 e. The molecule has 4 rings (SSSR count). The molecule has 3 amide bonds. The number of rotatable bonds is 1.